The van der Waals surface area contributed by atoms with E-state index >= 15 is 0 Å². The molecule has 0 saturated heterocycles. The number of rotatable bonds is 5. The molecule has 3 rings (SSSR count). The Hall–Kier alpha value is -2.38. The Morgan fingerprint density at radius 2 is 2.04 bits per heavy atom. The van der Waals surface area contributed by atoms with Crippen molar-refractivity contribution >= 4 is 35.0 Å². The Morgan fingerprint density at radius 3 is 2.79 bits per heavy atom. The fourth-order valence-corrected chi connectivity index (χ4v) is 2.60. The molecule has 8 heteroatoms. The van der Waals surface area contributed by atoms with Crippen molar-refractivity contribution in [3.8, 4) is 11.5 Å². The summed E-state index contributed by atoms with van der Waals surface area (Å²) in [5.74, 6) is 0.319. The topological polar surface area (TPSA) is 80.9 Å². The molecule has 6 nitrogen and oxygen atoms in total. The second kappa shape index (κ2) is 7.46. The quantitative estimate of drug-likeness (QED) is 0.550. The molecule has 0 spiro atoms. The van der Waals surface area contributed by atoms with Gasteiger partial charge in [-0.1, -0.05) is 41.1 Å². The predicted octanol–water partition coefficient (Wildman–Crippen LogP) is 3.82. The lowest BCUT2D eigenvalue weighted by Gasteiger charge is -2.04. The van der Waals surface area contributed by atoms with Crippen LogP contribution in [-0.4, -0.2) is 26.8 Å². The number of anilines is 1. The summed E-state index contributed by atoms with van der Waals surface area (Å²) in [5.41, 5.74) is 2.46. The van der Waals surface area contributed by atoms with Crippen molar-refractivity contribution in [1.29, 1.82) is 0 Å². The van der Waals surface area contributed by atoms with Crippen molar-refractivity contribution in [1.82, 2.24) is 15.2 Å². The van der Waals surface area contributed by atoms with Gasteiger partial charge < -0.3 is 9.73 Å². The fraction of sp³-hybridized carbons (Fsp3) is 0.125. The van der Waals surface area contributed by atoms with Crippen LogP contribution in [0.15, 0.2) is 52.2 Å². The van der Waals surface area contributed by atoms with Gasteiger partial charge in [0.25, 0.3) is 5.22 Å². The van der Waals surface area contributed by atoms with Gasteiger partial charge in [-0.15, -0.1) is 10.2 Å². The van der Waals surface area contributed by atoms with E-state index in [0.717, 1.165) is 22.9 Å². The average molecular weight is 361 g/mol. The molecular formula is C16H13ClN4O2S. The molecule has 0 radical (unpaired) electrons. The van der Waals surface area contributed by atoms with Crippen LogP contribution in [0.3, 0.4) is 0 Å². The predicted molar refractivity (Wildman–Crippen MR) is 93.1 cm³/mol. The van der Waals surface area contributed by atoms with Gasteiger partial charge in [-0.3, -0.25) is 4.79 Å². The minimum absolute atomic E-state index is 0.126. The van der Waals surface area contributed by atoms with Crippen LogP contribution in [0.4, 0.5) is 5.69 Å². The van der Waals surface area contributed by atoms with Gasteiger partial charge in [0.2, 0.25) is 11.8 Å². The van der Waals surface area contributed by atoms with E-state index in [2.05, 4.69) is 20.5 Å². The number of pyridine rings is 1. The third-order valence-electron chi connectivity index (χ3n) is 3.06. The number of carbonyl (C=O) groups excluding carboxylic acids is 1. The number of benzene rings is 1. The summed E-state index contributed by atoms with van der Waals surface area (Å²) in [6, 6.07) is 11.1. The van der Waals surface area contributed by atoms with E-state index in [-0.39, 0.29) is 16.8 Å². The number of aryl methyl sites for hydroxylation is 1. The smallest absolute Gasteiger partial charge is 0.277 e. The molecule has 0 fully saturated rings. The first kappa shape index (κ1) is 16.5. The normalized spacial score (nSPS) is 10.6. The van der Waals surface area contributed by atoms with Gasteiger partial charge in [-0.05, 0) is 31.2 Å². The van der Waals surface area contributed by atoms with E-state index in [1.165, 1.54) is 0 Å². The number of carbonyl (C=O) groups is 1. The maximum absolute atomic E-state index is 11.9. The minimum atomic E-state index is -0.231. The Morgan fingerprint density at radius 1 is 1.25 bits per heavy atom. The van der Waals surface area contributed by atoms with E-state index in [9.17, 15) is 4.79 Å². The minimum Gasteiger partial charge on any atom is -0.411 e. The average Bonchev–Trinajstić information content (AvgIpc) is 3.05. The fourth-order valence-electron chi connectivity index (χ4n) is 1.87. The second-order valence-electron chi connectivity index (χ2n) is 4.92. The summed E-state index contributed by atoms with van der Waals surface area (Å²) in [5, 5.41) is 11.2. The van der Waals surface area contributed by atoms with Gasteiger partial charge in [0, 0.05) is 11.8 Å². The third kappa shape index (κ3) is 4.12. The lowest BCUT2D eigenvalue weighted by molar-refractivity contribution is -0.113. The van der Waals surface area contributed by atoms with Crippen molar-refractivity contribution in [3.05, 3.63) is 53.3 Å². The number of hydrogen-bond donors (Lipinski definition) is 1. The highest BCUT2D eigenvalue weighted by molar-refractivity contribution is 7.99. The first-order chi connectivity index (χ1) is 11.6. The Bertz CT molecular complexity index is 851. The van der Waals surface area contributed by atoms with Crippen LogP contribution in [-0.2, 0) is 4.79 Å². The summed E-state index contributed by atoms with van der Waals surface area (Å²) in [6.45, 7) is 2.01. The van der Waals surface area contributed by atoms with Crippen molar-refractivity contribution in [2.24, 2.45) is 0 Å². The highest BCUT2D eigenvalue weighted by Crippen LogP contribution is 2.24. The molecule has 1 N–H and O–H groups in total. The number of amides is 1. The lowest BCUT2D eigenvalue weighted by Crippen LogP contribution is -2.14. The summed E-state index contributed by atoms with van der Waals surface area (Å²) in [7, 11) is 0. The van der Waals surface area contributed by atoms with E-state index in [1.54, 1.807) is 18.3 Å². The van der Waals surface area contributed by atoms with Gasteiger partial charge in [0.15, 0.2) is 5.15 Å². The van der Waals surface area contributed by atoms with Crippen LogP contribution in [0.2, 0.25) is 5.15 Å². The van der Waals surface area contributed by atoms with Gasteiger partial charge in [0.05, 0.1) is 11.4 Å². The van der Waals surface area contributed by atoms with E-state index < -0.39 is 0 Å². The van der Waals surface area contributed by atoms with Crippen molar-refractivity contribution in [2.75, 3.05) is 11.1 Å². The summed E-state index contributed by atoms with van der Waals surface area (Å²) in [4.78, 5) is 15.8. The zero-order chi connectivity index (χ0) is 16.9. The molecule has 1 aromatic carbocycles. The van der Waals surface area contributed by atoms with E-state index in [0.29, 0.717) is 16.8 Å². The number of nitrogens with one attached hydrogen (secondary N) is 1. The van der Waals surface area contributed by atoms with Gasteiger partial charge >= 0.3 is 0 Å². The Balaban J connectivity index is 1.58. The molecule has 122 valence electrons. The molecule has 1 amide bonds. The van der Waals surface area contributed by atoms with Gasteiger partial charge in [0.1, 0.15) is 0 Å². The van der Waals surface area contributed by atoms with Gasteiger partial charge in [-0.25, -0.2) is 4.98 Å². The van der Waals surface area contributed by atoms with Crippen LogP contribution < -0.4 is 5.32 Å². The molecule has 0 bridgehead atoms. The summed E-state index contributed by atoms with van der Waals surface area (Å²) in [6.07, 6.45) is 1.55. The van der Waals surface area contributed by atoms with E-state index in [4.69, 9.17) is 16.0 Å². The van der Waals surface area contributed by atoms with Crippen molar-refractivity contribution in [3.63, 3.8) is 0 Å². The molecule has 0 aliphatic heterocycles. The zero-order valence-corrected chi connectivity index (χ0v) is 14.3. The largest absolute Gasteiger partial charge is 0.411 e. The monoisotopic (exact) mass is 360 g/mol. The Kier molecular flexibility index (Phi) is 5.12. The number of halogens is 1. The molecule has 2 aromatic heterocycles. The molecule has 3 aromatic rings. The molecule has 0 saturated carbocycles. The molecule has 0 atom stereocenters. The van der Waals surface area contributed by atoms with Crippen LogP contribution in [0, 0.1) is 6.92 Å². The highest BCUT2D eigenvalue weighted by atomic mass is 35.5. The summed E-state index contributed by atoms with van der Waals surface area (Å²) < 4.78 is 5.56. The summed E-state index contributed by atoms with van der Waals surface area (Å²) >= 11 is 7.05. The number of thioether (sulfide) groups is 1. The standard InChI is InChI=1S/C16H13ClN4O2S/c1-10-4-6-11(7-5-10)15-20-21-16(23-15)24-9-13(22)19-12-3-2-8-18-14(12)17/h2-8H,9H2,1H3,(H,19,22). The number of nitrogens with zero attached hydrogens (tertiary/aromatic N) is 3. The molecule has 0 aliphatic rings. The van der Waals surface area contributed by atoms with Crippen LogP contribution in [0.25, 0.3) is 11.5 Å². The maximum atomic E-state index is 11.9. The molecule has 0 aliphatic carbocycles. The first-order valence-corrected chi connectivity index (χ1v) is 8.42. The third-order valence-corrected chi connectivity index (χ3v) is 4.18. The van der Waals surface area contributed by atoms with Crippen LogP contribution in [0.5, 0.6) is 0 Å². The van der Waals surface area contributed by atoms with Crippen LogP contribution >= 0.6 is 23.4 Å². The maximum Gasteiger partial charge on any atom is 0.277 e. The highest BCUT2D eigenvalue weighted by Gasteiger charge is 2.12. The second-order valence-corrected chi connectivity index (χ2v) is 6.20. The number of hydrogen-bond acceptors (Lipinski definition) is 6. The molecular weight excluding hydrogens is 348 g/mol. The van der Waals surface area contributed by atoms with Crippen molar-refractivity contribution < 1.29 is 9.21 Å². The first-order valence-electron chi connectivity index (χ1n) is 7.05. The molecule has 2 heterocycles. The lowest BCUT2D eigenvalue weighted by atomic mass is 10.1. The zero-order valence-electron chi connectivity index (χ0n) is 12.7. The van der Waals surface area contributed by atoms with Crippen LogP contribution in [0.1, 0.15) is 5.56 Å². The van der Waals surface area contributed by atoms with Crippen molar-refractivity contribution in [2.45, 2.75) is 12.1 Å². The Labute approximate surface area is 147 Å². The SMILES string of the molecule is Cc1ccc(-c2nnc(SCC(=O)Nc3cccnc3Cl)o2)cc1. The molecule has 24 heavy (non-hydrogen) atoms. The van der Waals surface area contributed by atoms with E-state index in [1.807, 2.05) is 31.2 Å². The molecule has 0 unspecified atom stereocenters. The number of aromatic nitrogens is 3. The van der Waals surface area contributed by atoms with Gasteiger partial charge in [-0.2, -0.15) is 0 Å².